The standard InChI is InChI=1S/C14H15N5OS2/c1-2-10-17-18-11(22-10)6-19-7-16-13-12(14(19)20)8-3-4-15-5-9(8)21-13/h7,15H,2-6H2,1H3. The molecule has 0 amide bonds. The van der Waals surface area contributed by atoms with E-state index in [0.29, 0.717) is 6.54 Å². The van der Waals surface area contributed by atoms with Crippen molar-refractivity contribution in [3.63, 3.8) is 0 Å². The van der Waals surface area contributed by atoms with Gasteiger partial charge in [0.15, 0.2) is 0 Å². The van der Waals surface area contributed by atoms with Crippen LogP contribution in [0.4, 0.5) is 0 Å². The summed E-state index contributed by atoms with van der Waals surface area (Å²) in [5.41, 5.74) is 1.22. The quantitative estimate of drug-likeness (QED) is 0.787. The van der Waals surface area contributed by atoms with Crippen LogP contribution >= 0.6 is 22.7 Å². The molecule has 0 aromatic carbocycles. The molecule has 3 aromatic heterocycles. The van der Waals surface area contributed by atoms with Crippen molar-refractivity contribution in [3.8, 4) is 0 Å². The molecule has 1 N–H and O–H groups in total. The topological polar surface area (TPSA) is 72.7 Å². The molecule has 6 nitrogen and oxygen atoms in total. The molecule has 4 rings (SSSR count). The number of aryl methyl sites for hydroxylation is 1. The molecule has 3 aromatic rings. The van der Waals surface area contributed by atoms with Crippen LogP contribution in [0.1, 0.15) is 27.4 Å². The normalized spacial score (nSPS) is 14.4. The fraction of sp³-hybridized carbons (Fsp3) is 0.429. The molecular weight excluding hydrogens is 318 g/mol. The fourth-order valence-electron chi connectivity index (χ4n) is 2.70. The molecule has 1 aliphatic rings. The minimum atomic E-state index is 0.0395. The van der Waals surface area contributed by atoms with Crippen LogP contribution in [-0.4, -0.2) is 26.3 Å². The van der Waals surface area contributed by atoms with Gasteiger partial charge in [-0.3, -0.25) is 9.36 Å². The van der Waals surface area contributed by atoms with Crippen LogP contribution in [-0.2, 0) is 25.9 Å². The predicted molar refractivity (Wildman–Crippen MR) is 87.7 cm³/mol. The lowest BCUT2D eigenvalue weighted by molar-refractivity contribution is 0.656. The van der Waals surface area contributed by atoms with Crippen LogP contribution in [0.25, 0.3) is 10.2 Å². The highest BCUT2D eigenvalue weighted by Gasteiger charge is 2.20. The van der Waals surface area contributed by atoms with Crippen LogP contribution in [0.3, 0.4) is 0 Å². The Morgan fingerprint density at radius 2 is 2.18 bits per heavy atom. The van der Waals surface area contributed by atoms with E-state index in [2.05, 4.69) is 27.4 Å². The van der Waals surface area contributed by atoms with Crippen molar-refractivity contribution in [1.29, 1.82) is 0 Å². The zero-order chi connectivity index (χ0) is 15.1. The lowest BCUT2D eigenvalue weighted by Gasteiger charge is -2.12. The van der Waals surface area contributed by atoms with Gasteiger partial charge in [-0.05, 0) is 24.9 Å². The van der Waals surface area contributed by atoms with Gasteiger partial charge < -0.3 is 5.32 Å². The number of thiophene rings is 1. The van der Waals surface area contributed by atoms with Crippen LogP contribution in [0, 0.1) is 0 Å². The third kappa shape index (κ3) is 2.27. The van der Waals surface area contributed by atoms with E-state index >= 15 is 0 Å². The summed E-state index contributed by atoms with van der Waals surface area (Å²) in [6, 6.07) is 0. The summed E-state index contributed by atoms with van der Waals surface area (Å²) in [5.74, 6) is 0. The van der Waals surface area contributed by atoms with E-state index < -0.39 is 0 Å². The predicted octanol–water partition coefficient (Wildman–Crippen LogP) is 1.57. The highest BCUT2D eigenvalue weighted by molar-refractivity contribution is 7.18. The first-order chi connectivity index (χ1) is 10.8. The van der Waals surface area contributed by atoms with Crippen molar-refractivity contribution in [2.24, 2.45) is 0 Å². The fourth-order valence-corrected chi connectivity index (χ4v) is 4.63. The Labute approximate surface area is 134 Å². The van der Waals surface area contributed by atoms with Gasteiger partial charge in [-0.1, -0.05) is 18.3 Å². The zero-order valence-corrected chi connectivity index (χ0v) is 13.8. The molecule has 0 atom stereocenters. The monoisotopic (exact) mass is 333 g/mol. The van der Waals surface area contributed by atoms with Crippen molar-refractivity contribution in [1.82, 2.24) is 25.1 Å². The number of aromatic nitrogens is 4. The minimum Gasteiger partial charge on any atom is -0.312 e. The van der Waals surface area contributed by atoms with Crippen LogP contribution in [0.5, 0.6) is 0 Å². The van der Waals surface area contributed by atoms with Gasteiger partial charge in [0.2, 0.25) is 0 Å². The summed E-state index contributed by atoms with van der Waals surface area (Å²) in [4.78, 5) is 19.4. The molecule has 0 saturated carbocycles. The highest BCUT2D eigenvalue weighted by atomic mass is 32.1. The number of hydrogen-bond donors (Lipinski definition) is 1. The Bertz CT molecular complexity index is 894. The zero-order valence-electron chi connectivity index (χ0n) is 12.1. The molecule has 0 unspecified atom stereocenters. The number of rotatable bonds is 3. The number of nitrogens with one attached hydrogen (secondary N) is 1. The van der Waals surface area contributed by atoms with Crippen molar-refractivity contribution in [2.45, 2.75) is 32.9 Å². The number of hydrogen-bond acceptors (Lipinski definition) is 7. The molecule has 0 bridgehead atoms. The van der Waals surface area contributed by atoms with Gasteiger partial charge in [0.25, 0.3) is 5.56 Å². The van der Waals surface area contributed by atoms with Crippen LogP contribution < -0.4 is 10.9 Å². The smallest absolute Gasteiger partial charge is 0.262 e. The lowest BCUT2D eigenvalue weighted by Crippen LogP contribution is -2.25. The Hall–Kier alpha value is -1.64. The first-order valence-electron chi connectivity index (χ1n) is 7.28. The summed E-state index contributed by atoms with van der Waals surface area (Å²) < 4.78 is 1.65. The molecule has 0 aliphatic carbocycles. The first-order valence-corrected chi connectivity index (χ1v) is 8.91. The summed E-state index contributed by atoms with van der Waals surface area (Å²) in [6.45, 7) is 4.26. The van der Waals surface area contributed by atoms with Gasteiger partial charge in [-0.2, -0.15) is 0 Å². The summed E-state index contributed by atoms with van der Waals surface area (Å²) >= 11 is 3.18. The second-order valence-electron chi connectivity index (χ2n) is 5.23. The van der Waals surface area contributed by atoms with Crippen LogP contribution in [0.15, 0.2) is 11.1 Å². The number of nitrogens with zero attached hydrogens (tertiary/aromatic N) is 4. The van der Waals surface area contributed by atoms with Gasteiger partial charge >= 0.3 is 0 Å². The first kappa shape index (κ1) is 14.0. The molecule has 0 fully saturated rings. The van der Waals surface area contributed by atoms with Crippen molar-refractivity contribution >= 4 is 32.9 Å². The van der Waals surface area contributed by atoms with Gasteiger partial charge in [0.1, 0.15) is 14.8 Å². The van der Waals surface area contributed by atoms with E-state index in [0.717, 1.165) is 46.2 Å². The Morgan fingerprint density at radius 3 is 3.00 bits per heavy atom. The van der Waals surface area contributed by atoms with Gasteiger partial charge in [0, 0.05) is 11.4 Å². The second-order valence-corrected chi connectivity index (χ2v) is 7.46. The molecular formula is C14H15N5OS2. The molecule has 0 radical (unpaired) electrons. The van der Waals surface area contributed by atoms with Crippen molar-refractivity contribution < 1.29 is 0 Å². The molecule has 114 valence electrons. The second kappa shape index (κ2) is 5.53. The van der Waals surface area contributed by atoms with Crippen molar-refractivity contribution in [2.75, 3.05) is 6.54 Å². The third-order valence-corrected chi connectivity index (χ3v) is 6.01. The average molecular weight is 333 g/mol. The van der Waals surface area contributed by atoms with E-state index in [1.165, 1.54) is 10.4 Å². The van der Waals surface area contributed by atoms with Crippen LogP contribution in [0.2, 0.25) is 0 Å². The Balaban J connectivity index is 1.78. The highest BCUT2D eigenvalue weighted by Crippen LogP contribution is 2.29. The Kier molecular flexibility index (Phi) is 3.51. The summed E-state index contributed by atoms with van der Waals surface area (Å²) in [5, 5.41) is 14.2. The Morgan fingerprint density at radius 1 is 1.32 bits per heavy atom. The number of fused-ring (bicyclic) bond motifs is 3. The molecule has 4 heterocycles. The molecule has 1 aliphatic heterocycles. The lowest BCUT2D eigenvalue weighted by atomic mass is 10.1. The molecule has 0 saturated heterocycles. The minimum absolute atomic E-state index is 0.0395. The largest absolute Gasteiger partial charge is 0.312 e. The summed E-state index contributed by atoms with van der Waals surface area (Å²) in [7, 11) is 0. The third-order valence-electron chi connectivity index (χ3n) is 3.82. The maximum absolute atomic E-state index is 12.8. The molecule has 22 heavy (non-hydrogen) atoms. The van der Waals surface area contributed by atoms with Gasteiger partial charge in [-0.15, -0.1) is 21.5 Å². The summed E-state index contributed by atoms with van der Waals surface area (Å²) in [6.07, 6.45) is 3.40. The molecule has 0 spiro atoms. The SMILES string of the molecule is CCc1nnc(Cn2cnc3sc4c(c3c2=O)CCNC4)s1. The maximum atomic E-state index is 12.8. The van der Waals surface area contributed by atoms with E-state index in [1.54, 1.807) is 33.6 Å². The van der Waals surface area contributed by atoms with E-state index in [-0.39, 0.29) is 5.56 Å². The van der Waals surface area contributed by atoms with Gasteiger partial charge in [-0.25, -0.2) is 4.98 Å². The van der Waals surface area contributed by atoms with Gasteiger partial charge in [0.05, 0.1) is 18.3 Å². The van der Waals surface area contributed by atoms with E-state index in [1.807, 2.05) is 0 Å². The van der Waals surface area contributed by atoms with E-state index in [4.69, 9.17) is 0 Å². The van der Waals surface area contributed by atoms with Crippen molar-refractivity contribution in [3.05, 3.63) is 37.1 Å². The average Bonchev–Trinajstić information content (AvgIpc) is 3.14. The maximum Gasteiger partial charge on any atom is 0.262 e. The van der Waals surface area contributed by atoms with E-state index in [9.17, 15) is 4.79 Å². The molecule has 8 heteroatoms.